The van der Waals surface area contributed by atoms with E-state index in [1.807, 2.05) is 0 Å². The Bertz CT molecular complexity index is 612. The van der Waals surface area contributed by atoms with Crippen LogP contribution in [0.25, 0.3) is 0 Å². The maximum absolute atomic E-state index is 12.2. The Kier molecular flexibility index (Phi) is 3.17. The Morgan fingerprint density at radius 2 is 1.95 bits per heavy atom. The maximum atomic E-state index is 12.2. The maximum Gasteiger partial charge on any atom is 0.296 e. The molecule has 0 aromatic heterocycles. The Hall–Kier alpha value is -2.35. The fourth-order valence-electron chi connectivity index (χ4n) is 2.26. The van der Waals surface area contributed by atoms with E-state index >= 15 is 0 Å². The van der Waals surface area contributed by atoms with Crippen molar-refractivity contribution in [1.29, 1.82) is 0 Å². The lowest BCUT2D eigenvalue weighted by Gasteiger charge is -2.20. The molecule has 0 atom stereocenters. The number of ether oxygens (including phenoxy) is 2. The van der Waals surface area contributed by atoms with Crippen LogP contribution in [0.5, 0.6) is 11.5 Å². The molecule has 21 heavy (non-hydrogen) atoms. The van der Waals surface area contributed by atoms with Gasteiger partial charge in [-0.15, -0.1) is 0 Å². The van der Waals surface area contributed by atoms with Crippen LogP contribution in [0.1, 0.15) is 12.8 Å². The molecule has 1 fully saturated rings. The van der Waals surface area contributed by atoms with Crippen molar-refractivity contribution in [2.24, 2.45) is 11.1 Å². The molecule has 8 nitrogen and oxygen atoms in total. The SMILES string of the molecule is NCC1(C(=O)Nc2cc3c(cc2[N+](=O)[O-])OCCO3)CC1. The van der Waals surface area contributed by atoms with Gasteiger partial charge in [0.05, 0.1) is 16.4 Å². The molecule has 1 aliphatic heterocycles. The van der Waals surface area contributed by atoms with Crippen LogP contribution in [-0.4, -0.2) is 30.6 Å². The molecule has 1 aliphatic carbocycles. The number of nitrogens with zero attached hydrogens (tertiary/aromatic N) is 1. The highest BCUT2D eigenvalue weighted by Crippen LogP contribution is 2.46. The molecule has 0 spiro atoms. The number of amides is 1. The zero-order chi connectivity index (χ0) is 15.0. The first-order chi connectivity index (χ1) is 10.1. The normalized spacial score (nSPS) is 18.0. The molecule has 0 radical (unpaired) electrons. The van der Waals surface area contributed by atoms with Gasteiger partial charge < -0.3 is 20.5 Å². The van der Waals surface area contributed by atoms with E-state index in [0.29, 0.717) is 37.6 Å². The zero-order valence-electron chi connectivity index (χ0n) is 11.3. The second kappa shape index (κ2) is 4.88. The number of carbonyl (C=O) groups excluding carboxylic acids is 1. The van der Waals surface area contributed by atoms with Gasteiger partial charge in [0.2, 0.25) is 5.91 Å². The van der Waals surface area contributed by atoms with Gasteiger partial charge in [0.15, 0.2) is 11.5 Å². The highest BCUT2D eigenvalue weighted by Gasteiger charge is 2.49. The van der Waals surface area contributed by atoms with Gasteiger partial charge in [0, 0.05) is 12.6 Å². The number of carbonyl (C=O) groups is 1. The predicted molar refractivity (Wildman–Crippen MR) is 73.4 cm³/mol. The monoisotopic (exact) mass is 293 g/mol. The molecule has 3 rings (SSSR count). The Morgan fingerprint density at radius 3 is 2.48 bits per heavy atom. The van der Waals surface area contributed by atoms with E-state index in [1.54, 1.807) is 0 Å². The Balaban J connectivity index is 1.93. The molecule has 1 saturated carbocycles. The fourth-order valence-corrected chi connectivity index (χ4v) is 2.26. The Labute approximate surface area is 120 Å². The number of fused-ring (bicyclic) bond motifs is 1. The van der Waals surface area contributed by atoms with E-state index in [4.69, 9.17) is 15.2 Å². The molecule has 8 heteroatoms. The van der Waals surface area contributed by atoms with Crippen LogP contribution in [0.3, 0.4) is 0 Å². The first kappa shape index (κ1) is 13.6. The van der Waals surface area contributed by atoms with Gasteiger partial charge in [-0.2, -0.15) is 0 Å². The first-order valence-electron chi connectivity index (χ1n) is 6.65. The lowest BCUT2D eigenvalue weighted by molar-refractivity contribution is -0.384. The van der Waals surface area contributed by atoms with Crippen molar-refractivity contribution in [3.63, 3.8) is 0 Å². The number of hydrogen-bond donors (Lipinski definition) is 2. The molecular weight excluding hydrogens is 278 g/mol. The van der Waals surface area contributed by atoms with Gasteiger partial charge in [-0.3, -0.25) is 14.9 Å². The van der Waals surface area contributed by atoms with Crippen LogP contribution in [0.15, 0.2) is 12.1 Å². The molecule has 0 saturated heterocycles. The fraction of sp³-hybridized carbons (Fsp3) is 0.462. The third kappa shape index (κ3) is 2.38. The number of benzene rings is 1. The van der Waals surface area contributed by atoms with Crippen LogP contribution in [0, 0.1) is 15.5 Å². The minimum absolute atomic E-state index is 0.106. The quantitative estimate of drug-likeness (QED) is 0.633. The van der Waals surface area contributed by atoms with Crippen molar-refractivity contribution >= 4 is 17.3 Å². The minimum Gasteiger partial charge on any atom is -0.486 e. The second-order valence-corrected chi connectivity index (χ2v) is 5.21. The van der Waals surface area contributed by atoms with Crippen LogP contribution < -0.4 is 20.5 Å². The highest BCUT2D eigenvalue weighted by atomic mass is 16.6. The highest BCUT2D eigenvalue weighted by molar-refractivity contribution is 5.99. The molecule has 0 unspecified atom stereocenters. The van der Waals surface area contributed by atoms with E-state index in [0.717, 1.165) is 0 Å². The molecule has 0 bridgehead atoms. The summed E-state index contributed by atoms with van der Waals surface area (Å²) in [6, 6.07) is 2.70. The van der Waals surface area contributed by atoms with Crippen LogP contribution >= 0.6 is 0 Å². The van der Waals surface area contributed by atoms with Crippen LogP contribution in [0.4, 0.5) is 11.4 Å². The lowest BCUT2D eigenvalue weighted by Crippen LogP contribution is -2.31. The van der Waals surface area contributed by atoms with E-state index in [-0.39, 0.29) is 23.8 Å². The summed E-state index contributed by atoms with van der Waals surface area (Å²) in [5, 5.41) is 13.8. The van der Waals surface area contributed by atoms with Gasteiger partial charge in [0.25, 0.3) is 5.69 Å². The summed E-state index contributed by atoms with van der Waals surface area (Å²) in [5.41, 5.74) is 4.89. The first-order valence-corrected chi connectivity index (χ1v) is 6.65. The van der Waals surface area contributed by atoms with Crippen molar-refractivity contribution in [1.82, 2.24) is 0 Å². The molecule has 112 valence electrons. The molecule has 3 N–H and O–H groups in total. The number of nitro benzene ring substituents is 1. The van der Waals surface area contributed by atoms with Crippen molar-refractivity contribution in [2.45, 2.75) is 12.8 Å². The average Bonchev–Trinajstić information content (AvgIpc) is 3.27. The summed E-state index contributed by atoms with van der Waals surface area (Å²) >= 11 is 0. The van der Waals surface area contributed by atoms with Crippen molar-refractivity contribution in [3.05, 3.63) is 22.2 Å². The van der Waals surface area contributed by atoms with Crippen LogP contribution in [-0.2, 0) is 4.79 Å². The molecule has 1 heterocycles. The molecule has 1 aromatic carbocycles. The molecule has 1 aromatic rings. The predicted octanol–water partition coefficient (Wildman–Crippen LogP) is 1.04. The molecule has 2 aliphatic rings. The van der Waals surface area contributed by atoms with Crippen molar-refractivity contribution < 1.29 is 19.2 Å². The number of rotatable bonds is 4. The average molecular weight is 293 g/mol. The smallest absolute Gasteiger partial charge is 0.296 e. The summed E-state index contributed by atoms with van der Waals surface area (Å²) < 4.78 is 10.7. The number of hydrogen-bond acceptors (Lipinski definition) is 6. The number of nitrogens with two attached hydrogens (primary N) is 1. The van der Waals surface area contributed by atoms with Gasteiger partial charge in [-0.25, -0.2) is 0 Å². The van der Waals surface area contributed by atoms with Gasteiger partial charge in [0.1, 0.15) is 18.9 Å². The molecule has 1 amide bonds. The topological polar surface area (TPSA) is 117 Å². The Morgan fingerprint density at radius 1 is 1.33 bits per heavy atom. The standard InChI is InChI=1S/C13H15N3O5/c14-7-13(1-2-13)12(17)15-8-5-10-11(21-4-3-20-10)6-9(8)16(18)19/h5-6H,1-4,7,14H2,(H,15,17). The van der Waals surface area contributed by atoms with E-state index < -0.39 is 10.3 Å². The zero-order valence-corrected chi connectivity index (χ0v) is 11.3. The number of anilines is 1. The van der Waals surface area contributed by atoms with E-state index in [2.05, 4.69) is 5.32 Å². The summed E-state index contributed by atoms with van der Waals surface area (Å²) in [5.74, 6) is 0.412. The number of nitrogens with one attached hydrogen (secondary N) is 1. The second-order valence-electron chi connectivity index (χ2n) is 5.21. The van der Waals surface area contributed by atoms with Crippen LogP contribution in [0.2, 0.25) is 0 Å². The van der Waals surface area contributed by atoms with Gasteiger partial charge >= 0.3 is 0 Å². The summed E-state index contributed by atoms with van der Waals surface area (Å²) in [7, 11) is 0. The third-order valence-electron chi connectivity index (χ3n) is 3.83. The van der Waals surface area contributed by atoms with Gasteiger partial charge in [-0.05, 0) is 12.8 Å². The van der Waals surface area contributed by atoms with Crippen molar-refractivity contribution in [3.8, 4) is 11.5 Å². The summed E-state index contributed by atoms with van der Waals surface area (Å²) in [4.78, 5) is 22.8. The van der Waals surface area contributed by atoms with Crippen molar-refractivity contribution in [2.75, 3.05) is 25.1 Å². The summed E-state index contributed by atoms with van der Waals surface area (Å²) in [6.45, 7) is 0.939. The molecular formula is C13H15N3O5. The third-order valence-corrected chi connectivity index (χ3v) is 3.83. The summed E-state index contributed by atoms with van der Waals surface area (Å²) in [6.07, 6.45) is 1.40. The largest absolute Gasteiger partial charge is 0.486 e. The van der Waals surface area contributed by atoms with E-state index in [9.17, 15) is 14.9 Å². The minimum atomic E-state index is -0.582. The van der Waals surface area contributed by atoms with Gasteiger partial charge in [-0.1, -0.05) is 0 Å². The lowest BCUT2D eigenvalue weighted by atomic mass is 10.1. The number of nitro groups is 1. The van der Waals surface area contributed by atoms with E-state index in [1.165, 1.54) is 12.1 Å².